The number of halogens is 1. The van der Waals surface area contributed by atoms with Crippen molar-refractivity contribution in [3.05, 3.63) is 0 Å². The summed E-state index contributed by atoms with van der Waals surface area (Å²) in [4.78, 5) is 0. The summed E-state index contributed by atoms with van der Waals surface area (Å²) in [5.41, 5.74) is 0. The van der Waals surface area contributed by atoms with Crippen molar-refractivity contribution in [1.82, 2.24) is 4.31 Å². The minimum absolute atomic E-state index is 0. The zero-order chi connectivity index (χ0) is 8.32. The highest BCUT2D eigenvalue weighted by Crippen LogP contribution is 2.10. The molecule has 0 amide bonds. The van der Waals surface area contributed by atoms with Gasteiger partial charge in [0.25, 0.3) is 10.2 Å². The molecule has 0 aromatic rings. The van der Waals surface area contributed by atoms with Gasteiger partial charge in [-0.3, -0.25) is 0 Å². The summed E-state index contributed by atoms with van der Waals surface area (Å²) >= 11 is 0. The van der Waals surface area contributed by atoms with E-state index in [1.54, 1.807) is 0 Å². The molecule has 0 bridgehead atoms. The Morgan fingerprint density at radius 3 is 1.75 bits per heavy atom. The minimum Gasteiger partial charge on any atom is -0.216 e. The molecule has 6 heteroatoms. The first kappa shape index (κ1) is 12.2. The third-order valence-corrected chi connectivity index (χ3v) is 3.01. The van der Waals surface area contributed by atoms with Crippen molar-refractivity contribution in [2.45, 2.75) is 25.7 Å². The van der Waals surface area contributed by atoms with Crippen LogP contribution in [0.1, 0.15) is 25.7 Å². The van der Waals surface area contributed by atoms with Gasteiger partial charge in [-0.2, -0.15) is 12.7 Å². The van der Waals surface area contributed by atoms with Crippen LogP contribution in [0.4, 0.5) is 0 Å². The van der Waals surface area contributed by atoms with Crippen LogP contribution in [-0.2, 0) is 10.2 Å². The summed E-state index contributed by atoms with van der Waals surface area (Å²) in [5.74, 6) is 0. The van der Waals surface area contributed by atoms with E-state index in [0.29, 0.717) is 13.1 Å². The first-order valence-corrected chi connectivity index (χ1v) is 5.39. The molecule has 0 aliphatic carbocycles. The molecule has 74 valence electrons. The van der Waals surface area contributed by atoms with Gasteiger partial charge in [-0.15, -0.1) is 12.4 Å². The van der Waals surface area contributed by atoms with Crippen molar-refractivity contribution in [2.75, 3.05) is 13.1 Å². The smallest absolute Gasteiger partial charge is 0.216 e. The molecule has 1 heterocycles. The van der Waals surface area contributed by atoms with Gasteiger partial charge in [-0.25, -0.2) is 5.14 Å². The lowest BCUT2D eigenvalue weighted by Crippen LogP contribution is -2.37. The van der Waals surface area contributed by atoms with Gasteiger partial charge in [0.1, 0.15) is 0 Å². The summed E-state index contributed by atoms with van der Waals surface area (Å²) < 4.78 is 23.0. The predicted molar refractivity (Wildman–Crippen MR) is 50.4 cm³/mol. The van der Waals surface area contributed by atoms with Gasteiger partial charge in [0.2, 0.25) is 0 Å². The third-order valence-electron chi connectivity index (χ3n) is 1.92. The lowest BCUT2D eigenvalue weighted by Gasteiger charge is -2.15. The van der Waals surface area contributed by atoms with Crippen molar-refractivity contribution in [3.8, 4) is 0 Å². The van der Waals surface area contributed by atoms with E-state index < -0.39 is 10.2 Å². The first-order chi connectivity index (χ1) is 5.11. The monoisotopic (exact) mass is 214 g/mol. The maximum atomic E-state index is 10.8. The molecule has 1 saturated heterocycles. The normalized spacial score (nSPS) is 21.1. The molecule has 0 saturated carbocycles. The van der Waals surface area contributed by atoms with Crippen LogP contribution in [0, 0.1) is 0 Å². The quantitative estimate of drug-likeness (QED) is 0.691. The Kier molecular flexibility index (Phi) is 5.08. The van der Waals surface area contributed by atoms with Crippen LogP contribution in [-0.4, -0.2) is 25.8 Å². The van der Waals surface area contributed by atoms with E-state index in [-0.39, 0.29) is 12.4 Å². The summed E-state index contributed by atoms with van der Waals surface area (Å²) in [5, 5.41) is 4.98. The van der Waals surface area contributed by atoms with Crippen LogP contribution in [0.2, 0.25) is 0 Å². The van der Waals surface area contributed by atoms with E-state index in [4.69, 9.17) is 5.14 Å². The molecule has 0 aromatic heterocycles. The fourth-order valence-electron chi connectivity index (χ4n) is 1.30. The topological polar surface area (TPSA) is 63.4 Å². The number of hydrogen-bond acceptors (Lipinski definition) is 2. The van der Waals surface area contributed by atoms with Gasteiger partial charge in [-0.05, 0) is 12.8 Å². The van der Waals surface area contributed by atoms with Crippen LogP contribution in [0.15, 0.2) is 0 Å². The van der Waals surface area contributed by atoms with Crippen LogP contribution in [0.3, 0.4) is 0 Å². The lowest BCUT2D eigenvalue weighted by atomic mass is 10.2. The molecular formula is C6H15ClN2O2S. The Balaban J connectivity index is 0.00000121. The summed E-state index contributed by atoms with van der Waals surface area (Å²) in [7, 11) is -3.42. The average molecular weight is 215 g/mol. The molecule has 0 radical (unpaired) electrons. The fourth-order valence-corrected chi connectivity index (χ4v) is 2.06. The van der Waals surface area contributed by atoms with Crippen LogP contribution < -0.4 is 5.14 Å². The zero-order valence-electron chi connectivity index (χ0n) is 6.90. The highest BCUT2D eigenvalue weighted by molar-refractivity contribution is 7.86. The van der Waals surface area contributed by atoms with E-state index in [2.05, 4.69) is 0 Å². The Bertz CT molecular complexity index is 210. The maximum Gasteiger partial charge on any atom is 0.276 e. The molecule has 2 N–H and O–H groups in total. The first-order valence-electron chi connectivity index (χ1n) is 3.88. The molecule has 1 rings (SSSR count). The Labute approximate surface area is 79.7 Å². The van der Waals surface area contributed by atoms with E-state index >= 15 is 0 Å². The molecule has 0 spiro atoms. The van der Waals surface area contributed by atoms with Crippen molar-refractivity contribution >= 4 is 22.6 Å². The largest absolute Gasteiger partial charge is 0.276 e. The van der Waals surface area contributed by atoms with Gasteiger partial charge < -0.3 is 0 Å². The Morgan fingerprint density at radius 1 is 1.00 bits per heavy atom. The third kappa shape index (κ3) is 3.71. The minimum atomic E-state index is -3.42. The van der Waals surface area contributed by atoms with Crippen molar-refractivity contribution in [2.24, 2.45) is 5.14 Å². The fraction of sp³-hybridized carbons (Fsp3) is 1.00. The molecule has 1 aliphatic rings. The zero-order valence-corrected chi connectivity index (χ0v) is 8.53. The molecular weight excluding hydrogens is 200 g/mol. The van der Waals surface area contributed by atoms with Crippen LogP contribution >= 0.6 is 12.4 Å². The second kappa shape index (κ2) is 5.01. The van der Waals surface area contributed by atoms with E-state index in [9.17, 15) is 8.42 Å². The number of hydrogen-bond donors (Lipinski definition) is 1. The van der Waals surface area contributed by atoms with Crippen molar-refractivity contribution in [1.29, 1.82) is 0 Å². The van der Waals surface area contributed by atoms with Crippen molar-refractivity contribution in [3.63, 3.8) is 0 Å². The summed E-state index contributed by atoms with van der Waals surface area (Å²) in [6, 6.07) is 0. The van der Waals surface area contributed by atoms with Crippen LogP contribution in [0.5, 0.6) is 0 Å². The van der Waals surface area contributed by atoms with Crippen molar-refractivity contribution < 1.29 is 8.42 Å². The maximum absolute atomic E-state index is 10.8. The van der Waals surface area contributed by atoms with E-state index in [0.717, 1.165) is 25.7 Å². The molecule has 0 atom stereocenters. The molecule has 0 aromatic carbocycles. The van der Waals surface area contributed by atoms with Gasteiger partial charge in [0, 0.05) is 13.1 Å². The van der Waals surface area contributed by atoms with Gasteiger partial charge in [0.05, 0.1) is 0 Å². The second-order valence-corrected chi connectivity index (χ2v) is 4.40. The van der Waals surface area contributed by atoms with Gasteiger partial charge in [-0.1, -0.05) is 12.8 Å². The number of rotatable bonds is 1. The van der Waals surface area contributed by atoms with E-state index in [1.807, 2.05) is 0 Å². The standard InChI is InChI=1S/C6H14N2O2S.ClH/c7-11(9,10)8-5-3-1-2-4-6-8;/h1-6H2,(H2,7,9,10);1H. The highest BCUT2D eigenvalue weighted by atomic mass is 35.5. The van der Waals surface area contributed by atoms with Gasteiger partial charge >= 0.3 is 0 Å². The second-order valence-electron chi connectivity index (χ2n) is 2.86. The van der Waals surface area contributed by atoms with E-state index in [1.165, 1.54) is 4.31 Å². The predicted octanol–water partition coefficient (Wildman–Crippen LogP) is 0.488. The number of nitrogens with two attached hydrogens (primary N) is 1. The molecule has 4 nitrogen and oxygen atoms in total. The summed E-state index contributed by atoms with van der Waals surface area (Å²) in [6.07, 6.45) is 4.12. The molecule has 1 aliphatic heterocycles. The Morgan fingerprint density at radius 2 is 1.42 bits per heavy atom. The SMILES string of the molecule is Cl.NS(=O)(=O)N1CCCCCC1. The lowest BCUT2D eigenvalue weighted by molar-refractivity contribution is 0.424. The average Bonchev–Trinajstić information content (AvgIpc) is 2.10. The van der Waals surface area contributed by atoms with Gasteiger partial charge in [0.15, 0.2) is 0 Å². The molecule has 1 fully saturated rings. The summed E-state index contributed by atoms with van der Waals surface area (Å²) in [6.45, 7) is 1.19. The molecule has 12 heavy (non-hydrogen) atoms. The molecule has 0 unspecified atom stereocenters. The highest BCUT2D eigenvalue weighted by Gasteiger charge is 2.17. The van der Waals surface area contributed by atoms with Crippen LogP contribution in [0.25, 0.3) is 0 Å². The Hall–Kier alpha value is 0.160. The number of nitrogens with zero attached hydrogens (tertiary/aromatic N) is 1.